The Morgan fingerprint density at radius 3 is 2.30 bits per heavy atom. The standard InChI is InChI=1S/C11H14F3N5S/c12-11(13,14)7-18-1-3-19(4-2-18)9-6-16-8(5-17-9)10(15)20/h5-6H,1-4,7H2,(H2,15,20). The Kier molecular flexibility index (Phi) is 4.39. The second-order valence-electron chi connectivity index (χ2n) is 4.50. The van der Waals surface area contributed by atoms with E-state index in [-0.39, 0.29) is 4.99 Å². The summed E-state index contributed by atoms with van der Waals surface area (Å²) in [6, 6.07) is 0. The summed E-state index contributed by atoms with van der Waals surface area (Å²) in [4.78, 5) is 11.7. The molecule has 2 rings (SSSR count). The summed E-state index contributed by atoms with van der Waals surface area (Å²) in [5.41, 5.74) is 5.85. The van der Waals surface area contributed by atoms with Crippen LogP contribution in [0.15, 0.2) is 12.4 Å². The Labute approximate surface area is 119 Å². The first kappa shape index (κ1) is 14.9. The van der Waals surface area contributed by atoms with Crippen molar-refractivity contribution in [3.63, 3.8) is 0 Å². The number of nitrogens with two attached hydrogens (primary N) is 1. The molecule has 2 heterocycles. The van der Waals surface area contributed by atoms with Gasteiger partial charge >= 0.3 is 6.18 Å². The molecule has 1 aromatic heterocycles. The van der Waals surface area contributed by atoms with Crippen LogP contribution >= 0.6 is 12.2 Å². The molecule has 2 N–H and O–H groups in total. The van der Waals surface area contributed by atoms with E-state index in [4.69, 9.17) is 18.0 Å². The Morgan fingerprint density at radius 1 is 1.20 bits per heavy atom. The number of nitrogens with zero attached hydrogens (tertiary/aromatic N) is 4. The van der Waals surface area contributed by atoms with Crippen LogP contribution < -0.4 is 10.6 Å². The van der Waals surface area contributed by atoms with Crippen molar-refractivity contribution in [3.8, 4) is 0 Å². The van der Waals surface area contributed by atoms with Gasteiger partial charge in [0.05, 0.1) is 18.9 Å². The van der Waals surface area contributed by atoms with Gasteiger partial charge in [-0.2, -0.15) is 13.2 Å². The number of alkyl halides is 3. The van der Waals surface area contributed by atoms with Crippen LogP contribution in [0.2, 0.25) is 0 Å². The maximum atomic E-state index is 12.3. The van der Waals surface area contributed by atoms with E-state index in [2.05, 4.69) is 9.97 Å². The molecule has 0 unspecified atom stereocenters. The van der Waals surface area contributed by atoms with E-state index in [1.54, 1.807) is 0 Å². The molecule has 0 atom stereocenters. The lowest BCUT2D eigenvalue weighted by Crippen LogP contribution is -2.49. The molecule has 9 heteroatoms. The lowest BCUT2D eigenvalue weighted by molar-refractivity contribution is -0.146. The zero-order chi connectivity index (χ0) is 14.8. The Hall–Kier alpha value is -1.48. The molecule has 1 fully saturated rings. The number of anilines is 1. The van der Waals surface area contributed by atoms with Crippen LogP contribution in [-0.4, -0.2) is 58.8 Å². The van der Waals surface area contributed by atoms with Crippen molar-refractivity contribution in [2.24, 2.45) is 5.73 Å². The highest BCUT2D eigenvalue weighted by Gasteiger charge is 2.32. The SMILES string of the molecule is NC(=S)c1cnc(N2CCN(CC(F)(F)F)CC2)cn1. The first-order valence-corrected chi connectivity index (χ1v) is 6.42. The third-order valence-corrected chi connectivity index (χ3v) is 3.20. The molecule has 1 aliphatic rings. The Morgan fingerprint density at radius 2 is 1.85 bits per heavy atom. The van der Waals surface area contributed by atoms with Crippen molar-refractivity contribution in [3.05, 3.63) is 18.1 Å². The summed E-state index contributed by atoms with van der Waals surface area (Å²) in [7, 11) is 0. The molecule has 1 aliphatic heterocycles. The molecule has 5 nitrogen and oxygen atoms in total. The van der Waals surface area contributed by atoms with Crippen molar-refractivity contribution in [1.82, 2.24) is 14.9 Å². The minimum absolute atomic E-state index is 0.166. The lowest BCUT2D eigenvalue weighted by Gasteiger charge is -2.35. The van der Waals surface area contributed by atoms with Gasteiger partial charge in [0.2, 0.25) is 0 Å². The fourth-order valence-corrected chi connectivity index (χ4v) is 2.11. The molecular formula is C11H14F3N5S. The molecule has 0 bridgehead atoms. The van der Waals surface area contributed by atoms with E-state index in [1.165, 1.54) is 17.3 Å². The van der Waals surface area contributed by atoms with Gasteiger partial charge in [-0.05, 0) is 0 Å². The summed E-state index contributed by atoms with van der Waals surface area (Å²) in [5, 5.41) is 0. The number of aromatic nitrogens is 2. The lowest BCUT2D eigenvalue weighted by atomic mass is 10.3. The summed E-state index contributed by atoms with van der Waals surface area (Å²) < 4.78 is 36.8. The first-order chi connectivity index (χ1) is 9.35. The van der Waals surface area contributed by atoms with E-state index in [0.717, 1.165) is 0 Å². The largest absolute Gasteiger partial charge is 0.401 e. The molecule has 0 aliphatic carbocycles. The predicted molar refractivity (Wildman–Crippen MR) is 72.6 cm³/mol. The van der Waals surface area contributed by atoms with E-state index in [0.29, 0.717) is 37.7 Å². The number of hydrogen-bond donors (Lipinski definition) is 1. The van der Waals surface area contributed by atoms with Gasteiger partial charge in [-0.25, -0.2) is 9.97 Å². The zero-order valence-electron chi connectivity index (χ0n) is 10.6. The van der Waals surface area contributed by atoms with Gasteiger partial charge in [-0.3, -0.25) is 4.90 Å². The molecule has 0 spiro atoms. The Balaban J connectivity index is 1.92. The molecule has 0 amide bonds. The summed E-state index contributed by atoms with van der Waals surface area (Å²) in [6.45, 7) is 0.789. The van der Waals surface area contributed by atoms with Gasteiger partial charge in [0.15, 0.2) is 0 Å². The van der Waals surface area contributed by atoms with Gasteiger partial charge in [-0.1, -0.05) is 12.2 Å². The third kappa shape index (κ3) is 4.01. The number of halogens is 3. The maximum Gasteiger partial charge on any atom is 0.401 e. The predicted octanol–water partition coefficient (Wildman–Crippen LogP) is 0.795. The van der Waals surface area contributed by atoms with Crippen molar-refractivity contribution >= 4 is 23.0 Å². The van der Waals surface area contributed by atoms with Crippen molar-refractivity contribution < 1.29 is 13.2 Å². The average molecular weight is 305 g/mol. The highest BCUT2D eigenvalue weighted by Crippen LogP contribution is 2.19. The van der Waals surface area contributed by atoms with Crippen LogP contribution in [0.5, 0.6) is 0 Å². The molecule has 1 aromatic rings. The van der Waals surface area contributed by atoms with E-state index in [9.17, 15) is 13.2 Å². The zero-order valence-corrected chi connectivity index (χ0v) is 11.4. The summed E-state index contributed by atoms with van der Waals surface area (Å²) in [5.74, 6) is 0.622. The quantitative estimate of drug-likeness (QED) is 0.834. The van der Waals surface area contributed by atoms with Gasteiger partial charge < -0.3 is 10.6 Å². The Bertz CT molecular complexity index is 468. The van der Waals surface area contributed by atoms with Crippen LogP contribution in [0, 0.1) is 0 Å². The number of thiocarbonyl (C=S) groups is 1. The second-order valence-corrected chi connectivity index (χ2v) is 4.94. The van der Waals surface area contributed by atoms with E-state index < -0.39 is 12.7 Å². The summed E-state index contributed by atoms with van der Waals surface area (Å²) >= 11 is 4.78. The fraction of sp³-hybridized carbons (Fsp3) is 0.545. The number of hydrogen-bond acceptors (Lipinski definition) is 5. The van der Waals surface area contributed by atoms with Crippen LogP contribution in [0.25, 0.3) is 0 Å². The van der Waals surface area contributed by atoms with Crippen LogP contribution in [0.1, 0.15) is 5.69 Å². The van der Waals surface area contributed by atoms with Gasteiger partial charge in [-0.15, -0.1) is 0 Å². The van der Waals surface area contributed by atoms with Crippen molar-refractivity contribution in [2.45, 2.75) is 6.18 Å². The number of piperazine rings is 1. The molecule has 0 saturated carbocycles. The van der Waals surface area contributed by atoms with Gasteiger partial charge in [0.25, 0.3) is 0 Å². The van der Waals surface area contributed by atoms with Crippen LogP contribution in [-0.2, 0) is 0 Å². The highest BCUT2D eigenvalue weighted by molar-refractivity contribution is 7.80. The van der Waals surface area contributed by atoms with Crippen LogP contribution in [0.4, 0.5) is 19.0 Å². The summed E-state index contributed by atoms with van der Waals surface area (Å²) in [6.07, 6.45) is -1.14. The van der Waals surface area contributed by atoms with Gasteiger partial charge in [0.1, 0.15) is 16.5 Å². The average Bonchev–Trinajstić information content (AvgIpc) is 2.38. The minimum Gasteiger partial charge on any atom is -0.388 e. The second kappa shape index (κ2) is 5.88. The molecule has 0 aromatic carbocycles. The van der Waals surface area contributed by atoms with Crippen molar-refractivity contribution in [2.75, 3.05) is 37.6 Å². The molecule has 1 saturated heterocycles. The van der Waals surface area contributed by atoms with Crippen molar-refractivity contribution in [1.29, 1.82) is 0 Å². The molecule has 110 valence electrons. The smallest absolute Gasteiger partial charge is 0.388 e. The van der Waals surface area contributed by atoms with E-state index >= 15 is 0 Å². The fourth-order valence-electron chi connectivity index (χ4n) is 2.00. The third-order valence-electron chi connectivity index (χ3n) is 2.99. The maximum absolute atomic E-state index is 12.3. The minimum atomic E-state index is -4.15. The van der Waals surface area contributed by atoms with E-state index in [1.807, 2.05) is 4.90 Å². The first-order valence-electron chi connectivity index (χ1n) is 6.01. The number of rotatable bonds is 3. The molecule has 0 radical (unpaired) electrons. The van der Waals surface area contributed by atoms with Gasteiger partial charge in [0, 0.05) is 26.2 Å². The monoisotopic (exact) mass is 305 g/mol. The van der Waals surface area contributed by atoms with Crippen LogP contribution in [0.3, 0.4) is 0 Å². The highest BCUT2D eigenvalue weighted by atomic mass is 32.1. The molecular weight excluding hydrogens is 291 g/mol. The normalized spacial score (nSPS) is 17.2. The molecule has 20 heavy (non-hydrogen) atoms. The topological polar surface area (TPSA) is 58.3 Å².